The Bertz CT molecular complexity index is 473. The molecule has 1 heterocycles. The van der Waals surface area contributed by atoms with Gasteiger partial charge in [0, 0.05) is 30.9 Å². The molecule has 0 saturated carbocycles. The Morgan fingerprint density at radius 3 is 2.89 bits per heavy atom. The zero-order valence-corrected chi connectivity index (χ0v) is 10.7. The van der Waals surface area contributed by atoms with Crippen LogP contribution >= 0.6 is 0 Å². The second-order valence-corrected chi connectivity index (χ2v) is 4.91. The lowest BCUT2D eigenvalue weighted by atomic mass is 9.96. The highest BCUT2D eigenvalue weighted by Crippen LogP contribution is 2.30. The van der Waals surface area contributed by atoms with Crippen LogP contribution in [0.3, 0.4) is 0 Å². The highest BCUT2D eigenvalue weighted by Gasteiger charge is 2.38. The fraction of sp³-hybridized carbons (Fsp3) is 0.462. The Hall–Kier alpha value is -1.62. The molecule has 5 heteroatoms. The van der Waals surface area contributed by atoms with Crippen LogP contribution in [0.25, 0.3) is 0 Å². The number of nitrogens with two attached hydrogens (primary N) is 1. The highest BCUT2D eigenvalue weighted by molar-refractivity contribution is 5.90. The number of carbonyl (C=O) groups excluding carboxylic acids is 1. The van der Waals surface area contributed by atoms with Crippen molar-refractivity contribution in [2.45, 2.75) is 25.9 Å². The maximum Gasteiger partial charge on any atom is 0.245 e. The summed E-state index contributed by atoms with van der Waals surface area (Å²) in [6.07, 6.45) is 0. The van der Waals surface area contributed by atoms with Gasteiger partial charge in [-0.2, -0.15) is 0 Å². The van der Waals surface area contributed by atoms with E-state index in [9.17, 15) is 9.18 Å². The molecular formula is C13H18FN3O. The normalized spacial score (nSPS) is 18.7. The zero-order valence-electron chi connectivity index (χ0n) is 10.7. The molecular weight excluding hydrogens is 233 g/mol. The third-order valence-corrected chi connectivity index (χ3v) is 3.44. The molecule has 1 aromatic rings. The number of piperazine rings is 1. The maximum absolute atomic E-state index is 13.7. The number of rotatable bonds is 2. The number of halogens is 1. The third-order valence-electron chi connectivity index (χ3n) is 3.44. The molecule has 0 aromatic heterocycles. The molecule has 18 heavy (non-hydrogen) atoms. The number of nitrogens with one attached hydrogen (secondary N) is 1. The Morgan fingerprint density at radius 2 is 2.22 bits per heavy atom. The van der Waals surface area contributed by atoms with Gasteiger partial charge in [-0.1, -0.05) is 6.07 Å². The third kappa shape index (κ3) is 1.95. The molecule has 1 saturated heterocycles. The first-order valence-corrected chi connectivity index (χ1v) is 6.02. The molecule has 0 spiro atoms. The minimum Gasteiger partial charge on any atom is -0.355 e. The average Bonchev–Trinajstić information content (AvgIpc) is 2.32. The number of hydrogen-bond acceptors (Lipinski definition) is 3. The zero-order chi connectivity index (χ0) is 13.3. The van der Waals surface area contributed by atoms with Crippen LogP contribution in [0.15, 0.2) is 18.2 Å². The summed E-state index contributed by atoms with van der Waals surface area (Å²) >= 11 is 0. The standard InChI is InChI=1S/C13H18FN3O/c1-13(2)12(18)16-6-7-17(13)11-5-3-4-10(14)9(11)8-15/h3-5H,6-8,15H2,1-2H3,(H,16,18). The Balaban J connectivity index is 2.48. The summed E-state index contributed by atoms with van der Waals surface area (Å²) in [6.45, 7) is 4.98. The molecule has 1 aromatic carbocycles. The van der Waals surface area contributed by atoms with E-state index in [4.69, 9.17) is 5.73 Å². The van der Waals surface area contributed by atoms with Crippen molar-refractivity contribution in [2.75, 3.05) is 18.0 Å². The van der Waals surface area contributed by atoms with Crippen molar-refractivity contribution in [1.29, 1.82) is 0 Å². The van der Waals surface area contributed by atoms with Crippen molar-refractivity contribution in [2.24, 2.45) is 5.73 Å². The van der Waals surface area contributed by atoms with Crippen molar-refractivity contribution >= 4 is 11.6 Å². The topological polar surface area (TPSA) is 58.4 Å². The van der Waals surface area contributed by atoms with Crippen LogP contribution in [0.4, 0.5) is 10.1 Å². The molecule has 98 valence electrons. The van der Waals surface area contributed by atoms with Crippen LogP contribution in [-0.2, 0) is 11.3 Å². The lowest BCUT2D eigenvalue weighted by Gasteiger charge is -2.43. The molecule has 0 unspecified atom stereocenters. The van der Waals surface area contributed by atoms with Gasteiger partial charge in [0.1, 0.15) is 11.4 Å². The molecule has 0 bridgehead atoms. The van der Waals surface area contributed by atoms with Crippen LogP contribution in [0.1, 0.15) is 19.4 Å². The van der Waals surface area contributed by atoms with Gasteiger partial charge in [0.05, 0.1) is 0 Å². The van der Waals surface area contributed by atoms with Crippen molar-refractivity contribution in [3.63, 3.8) is 0 Å². The molecule has 0 radical (unpaired) electrons. The van der Waals surface area contributed by atoms with Crippen LogP contribution in [0, 0.1) is 5.82 Å². The summed E-state index contributed by atoms with van der Waals surface area (Å²) in [7, 11) is 0. The number of hydrogen-bond donors (Lipinski definition) is 2. The molecule has 1 aliphatic heterocycles. The van der Waals surface area contributed by atoms with E-state index < -0.39 is 5.54 Å². The van der Waals surface area contributed by atoms with Crippen molar-refractivity contribution in [3.8, 4) is 0 Å². The number of nitrogens with zero attached hydrogens (tertiary/aromatic N) is 1. The van der Waals surface area contributed by atoms with Crippen molar-refractivity contribution in [3.05, 3.63) is 29.6 Å². The first kappa shape index (κ1) is 12.8. The van der Waals surface area contributed by atoms with E-state index in [2.05, 4.69) is 5.32 Å². The maximum atomic E-state index is 13.7. The minimum atomic E-state index is -0.698. The summed E-state index contributed by atoms with van der Waals surface area (Å²) in [4.78, 5) is 13.8. The molecule has 1 fully saturated rings. The van der Waals surface area contributed by atoms with Crippen LogP contribution in [0.2, 0.25) is 0 Å². The van der Waals surface area contributed by atoms with E-state index in [-0.39, 0.29) is 18.3 Å². The van der Waals surface area contributed by atoms with Crippen molar-refractivity contribution in [1.82, 2.24) is 5.32 Å². The van der Waals surface area contributed by atoms with Gasteiger partial charge in [0.25, 0.3) is 0 Å². The molecule has 1 aliphatic rings. The Kier molecular flexibility index (Phi) is 3.26. The van der Waals surface area contributed by atoms with E-state index in [1.54, 1.807) is 6.07 Å². The van der Waals surface area contributed by atoms with Gasteiger partial charge in [0.15, 0.2) is 0 Å². The predicted octanol–water partition coefficient (Wildman–Crippen LogP) is 0.999. The van der Waals surface area contributed by atoms with Gasteiger partial charge in [-0.25, -0.2) is 4.39 Å². The second-order valence-electron chi connectivity index (χ2n) is 4.91. The average molecular weight is 251 g/mol. The predicted molar refractivity (Wildman–Crippen MR) is 68.7 cm³/mol. The fourth-order valence-corrected chi connectivity index (χ4v) is 2.32. The molecule has 4 nitrogen and oxygen atoms in total. The first-order valence-electron chi connectivity index (χ1n) is 6.02. The van der Waals surface area contributed by atoms with E-state index in [1.165, 1.54) is 6.07 Å². The first-order chi connectivity index (χ1) is 8.48. The largest absolute Gasteiger partial charge is 0.355 e. The number of benzene rings is 1. The lowest BCUT2D eigenvalue weighted by Crippen LogP contribution is -2.62. The Morgan fingerprint density at radius 1 is 1.50 bits per heavy atom. The monoisotopic (exact) mass is 251 g/mol. The van der Waals surface area contributed by atoms with Crippen molar-refractivity contribution < 1.29 is 9.18 Å². The molecule has 3 N–H and O–H groups in total. The summed E-state index contributed by atoms with van der Waals surface area (Å²) in [5, 5.41) is 2.82. The van der Waals surface area contributed by atoms with Crippen LogP contribution in [-0.4, -0.2) is 24.5 Å². The van der Waals surface area contributed by atoms with Gasteiger partial charge >= 0.3 is 0 Å². The molecule has 0 atom stereocenters. The van der Waals surface area contributed by atoms with Crippen LogP contribution in [0.5, 0.6) is 0 Å². The SMILES string of the molecule is CC1(C)C(=O)NCCN1c1cccc(F)c1CN. The van der Waals surface area contributed by atoms with E-state index >= 15 is 0 Å². The van der Waals surface area contributed by atoms with Gasteiger partial charge in [-0.3, -0.25) is 4.79 Å². The quantitative estimate of drug-likeness (QED) is 0.824. The van der Waals surface area contributed by atoms with Gasteiger partial charge in [-0.05, 0) is 26.0 Å². The smallest absolute Gasteiger partial charge is 0.245 e. The number of amides is 1. The highest BCUT2D eigenvalue weighted by atomic mass is 19.1. The minimum absolute atomic E-state index is 0.0546. The summed E-state index contributed by atoms with van der Waals surface area (Å²) in [6, 6.07) is 4.85. The molecule has 1 amide bonds. The molecule has 2 rings (SSSR count). The van der Waals surface area contributed by atoms with E-state index in [1.807, 2.05) is 24.8 Å². The van der Waals surface area contributed by atoms with Gasteiger partial charge < -0.3 is 16.0 Å². The van der Waals surface area contributed by atoms with E-state index in [0.717, 1.165) is 0 Å². The summed E-state index contributed by atoms with van der Waals surface area (Å²) < 4.78 is 13.7. The van der Waals surface area contributed by atoms with Gasteiger partial charge in [-0.15, -0.1) is 0 Å². The second kappa shape index (κ2) is 4.57. The van der Waals surface area contributed by atoms with Crippen LogP contribution < -0.4 is 16.0 Å². The number of anilines is 1. The molecule has 0 aliphatic carbocycles. The fourth-order valence-electron chi connectivity index (χ4n) is 2.32. The summed E-state index contributed by atoms with van der Waals surface area (Å²) in [5.41, 5.74) is 6.08. The van der Waals surface area contributed by atoms with Gasteiger partial charge in [0.2, 0.25) is 5.91 Å². The lowest BCUT2D eigenvalue weighted by molar-refractivity contribution is -0.126. The Labute approximate surface area is 106 Å². The van der Waals surface area contributed by atoms with E-state index in [0.29, 0.717) is 24.3 Å². The number of carbonyl (C=O) groups is 1. The summed E-state index contributed by atoms with van der Waals surface area (Å²) in [5.74, 6) is -0.377.